The molecule has 0 spiro atoms. The van der Waals surface area contributed by atoms with E-state index in [-0.39, 0.29) is 5.91 Å². The number of aromatic nitrogens is 3. The van der Waals surface area contributed by atoms with Crippen LogP contribution < -0.4 is 0 Å². The Morgan fingerprint density at radius 3 is 2.38 bits per heavy atom. The van der Waals surface area contributed by atoms with Gasteiger partial charge in [0.15, 0.2) is 5.69 Å². The molecule has 1 aromatic heterocycles. The molecule has 0 N–H and O–H groups in total. The largest absolute Gasteiger partial charge is 0.337 e. The molecule has 2 saturated heterocycles. The van der Waals surface area contributed by atoms with Gasteiger partial charge in [0.2, 0.25) is 0 Å². The molecule has 0 atom stereocenters. The van der Waals surface area contributed by atoms with Crippen LogP contribution in [0.4, 0.5) is 0 Å². The van der Waals surface area contributed by atoms with Crippen molar-refractivity contribution in [2.75, 3.05) is 26.2 Å². The summed E-state index contributed by atoms with van der Waals surface area (Å²) >= 11 is 0. The van der Waals surface area contributed by atoms with Gasteiger partial charge in [0.1, 0.15) is 0 Å². The summed E-state index contributed by atoms with van der Waals surface area (Å²) in [5.74, 6) is 0.000422. The molecular weight excluding hydrogens is 326 g/mol. The summed E-state index contributed by atoms with van der Waals surface area (Å²) in [6.45, 7) is 6.13. The van der Waals surface area contributed by atoms with Gasteiger partial charge in [-0.1, -0.05) is 29.3 Å². The average molecular weight is 353 g/mol. The lowest BCUT2D eigenvalue weighted by molar-refractivity contribution is 0.0584. The lowest BCUT2D eigenvalue weighted by Crippen LogP contribution is -2.48. The molecule has 4 rings (SSSR count). The van der Waals surface area contributed by atoms with E-state index in [4.69, 9.17) is 0 Å². The van der Waals surface area contributed by atoms with Crippen LogP contribution in [0.1, 0.15) is 48.2 Å². The predicted molar refractivity (Wildman–Crippen MR) is 100 cm³/mol. The molecule has 0 bridgehead atoms. The van der Waals surface area contributed by atoms with Crippen LogP contribution in [-0.4, -0.2) is 62.9 Å². The minimum atomic E-state index is 0.000422. The molecule has 2 aromatic rings. The van der Waals surface area contributed by atoms with Gasteiger partial charge >= 0.3 is 0 Å². The smallest absolute Gasteiger partial charge is 0.276 e. The van der Waals surface area contributed by atoms with Crippen molar-refractivity contribution < 1.29 is 4.79 Å². The van der Waals surface area contributed by atoms with Crippen molar-refractivity contribution in [2.45, 2.75) is 45.1 Å². The molecule has 2 aliphatic heterocycles. The van der Waals surface area contributed by atoms with Crippen LogP contribution in [0.5, 0.6) is 0 Å². The second-order valence-electron chi connectivity index (χ2n) is 7.50. The van der Waals surface area contributed by atoms with E-state index in [2.05, 4.69) is 15.2 Å². The van der Waals surface area contributed by atoms with E-state index in [0.29, 0.717) is 11.7 Å². The van der Waals surface area contributed by atoms with E-state index < -0.39 is 0 Å². The number of piperidine rings is 2. The summed E-state index contributed by atoms with van der Waals surface area (Å²) in [5, 5.41) is 8.24. The summed E-state index contributed by atoms with van der Waals surface area (Å²) in [7, 11) is 0. The van der Waals surface area contributed by atoms with Gasteiger partial charge in [-0.2, -0.15) is 0 Å². The quantitative estimate of drug-likeness (QED) is 0.851. The molecule has 0 unspecified atom stereocenters. The molecule has 6 heteroatoms. The van der Waals surface area contributed by atoms with Crippen molar-refractivity contribution in [1.82, 2.24) is 24.8 Å². The van der Waals surface area contributed by atoms with Crippen molar-refractivity contribution in [3.05, 3.63) is 41.7 Å². The van der Waals surface area contributed by atoms with Crippen molar-refractivity contribution in [1.29, 1.82) is 0 Å². The monoisotopic (exact) mass is 353 g/mol. The average Bonchev–Trinajstić information content (AvgIpc) is 3.19. The standard InChI is InChI=1S/C20H27N5O/c1-16-5-7-18(8-6-16)25-15-19(21-22-25)20(26)24-13-9-17(10-14-24)23-11-3-2-4-12-23/h5-8,15,17H,2-4,9-14H2,1H3. The minimum absolute atomic E-state index is 0.000422. The zero-order valence-corrected chi connectivity index (χ0v) is 15.5. The number of carbonyl (C=O) groups is 1. The number of hydrogen-bond acceptors (Lipinski definition) is 4. The Bertz CT molecular complexity index is 740. The Morgan fingerprint density at radius 1 is 1.00 bits per heavy atom. The molecule has 26 heavy (non-hydrogen) atoms. The molecule has 138 valence electrons. The third kappa shape index (κ3) is 3.65. The number of amides is 1. The lowest BCUT2D eigenvalue weighted by Gasteiger charge is -2.40. The van der Waals surface area contributed by atoms with Gasteiger partial charge in [0.05, 0.1) is 11.9 Å². The summed E-state index contributed by atoms with van der Waals surface area (Å²) in [4.78, 5) is 17.3. The molecule has 0 saturated carbocycles. The number of carbonyl (C=O) groups excluding carboxylic acids is 1. The Balaban J connectivity index is 1.37. The fraction of sp³-hybridized carbons (Fsp3) is 0.550. The van der Waals surface area contributed by atoms with E-state index in [0.717, 1.165) is 31.6 Å². The number of benzene rings is 1. The van der Waals surface area contributed by atoms with Gasteiger partial charge in [0, 0.05) is 19.1 Å². The van der Waals surface area contributed by atoms with Crippen LogP contribution >= 0.6 is 0 Å². The molecule has 1 aromatic carbocycles. The number of aryl methyl sites for hydroxylation is 1. The maximum Gasteiger partial charge on any atom is 0.276 e. The molecule has 0 aliphatic carbocycles. The van der Waals surface area contributed by atoms with Crippen LogP contribution in [0.15, 0.2) is 30.5 Å². The minimum Gasteiger partial charge on any atom is -0.337 e. The highest BCUT2D eigenvalue weighted by Gasteiger charge is 2.29. The number of rotatable bonds is 3. The van der Waals surface area contributed by atoms with Gasteiger partial charge in [-0.15, -0.1) is 5.10 Å². The van der Waals surface area contributed by atoms with Gasteiger partial charge in [-0.3, -0.25) is 4.79 Å². The Morgan fingerprint density at radius 2 is 1.69 bits per heavy atom. The topological polar surface area (TPSA) is 54.3 Å². The first-order valence-electron chi connectivity index (χ1n) is 9.73. The Hall–Kier alpha value is -2.21. The second kappa shape index (κ2) is 7.58. The first-order chi connectivity index (χ1) is 12.7. The third-order valence-corrected chi connectivity index (χ3v) is 5.67. The summed E-state index contributed by atoms with van der Waals surface area (Å²) < 4.78 is 1.67. The molecule has 1 amide bonds. The van der Waals surface area contributed by atoms with Crippen LogP contribution in [0, 0.1) is 6.92 Å². The Kier molecular flexibility index (Phi) is 5.02. The van der Waals surface area contributed by atoms with E-state index in [9.17, 15) is 4.79 Å². The number of likely N-dealkylation sites (tertiary alicyclic amines) is 2. The van der Waals surface area contributed by atoms with Gasteiger partial charge < -0.3 is 9.80 Å². The highest BCUT2D eigenvalue weighted by molar-refractivity contribution is 5.92. The highest BCUT2D eigenvalue weighted by Crippen LogP contribution is 2.21. The number of nitrogens with zero attached hydrogens (tertiary/aromatic N) is 5. The fourth-order valence-electron chi connectivity index (χ4n) is 4.07. The lowest BCUT2D eigenvalue weighted by atomic mass is 10.00. The second-order valence-corrected chi connectivity index (χ2v) is 7.50. The molecule has 0 radical (unpaired) electrons. The normalized spacial score (nSPS) is 19.7. The zero-order valence-electron chi connectivity index (χ0n) is 15.5. The fourth-order valence-corrected chi connectivity index (χ4v) is 4.07. The first-order valence-corrected chi connectivity index (χ1v) is 9.73. The molecule has 2 fully saturated rings. The van der Waals surface area contributed by atoms with E-state index in [1.165, 1.54) is 37.9 Å². The highest BCUT2D eigenvalue weighted by atomic mass is 16.2. The summed E-state index contributed by atoms with van der Waals surface area (Å²) in [5.41, 5.74) is 2.55. The van der Waals surface area contributed by atoms with Crippen molar-refractivity contribution in [3.63, 3.8) is 0 Å². The summed E-state index contributed by atoms with van der Waals surface area (Å²) in [6.07, 6.45) is 7.88. The predicted octanol–water partition coefficient (Wildman–Crippen LogP) is 2.67. The van der Waals surface area contributed by atoms with Gasteiger partial charge in [-0.05, 0) is 57.8 Å². The maximum absolute atomic E-state index is 12.8. The summed E-state index contributed by atoms with van der Waals surface area (Å²) in [6, 6.07) is 8.68. The van der Waals surface area contributed by atoms with Crippen LogP contribution in [0.2, 0.25) is 0 Å². The van der Waals surface area contributed by atoms with E-state index >= 15 is 0 Å². The molecule has 3 heterocycles. The molecule has 2 aliphatic rings. The SMILES string of the molecule is Cc1ccc(-n2cc(C(=O)N3CCC(N4CCCCC4)CC3)nn2)cc1. The number of hydrogen-bond donors (Lipinski definition) is 0. The molecular formula is C20H27N5O. The van der Waals surface area contributed by atoms with Crippen molar-refractivity contribution in [3.8, 4) is 5.69 Å². The van der Waals surface area contributed by atoms with Gasteiger partial charge in [0.25, 0.3) is 5.91 Å². The molecule has 6 nitrogen and oxygen atoms in total. The third-order valence-electron chi connectivity index (χ3n) is 5.67. The first kappa shape index (κ1) is 17.2. The van der Waals surface area contributed by atoms with Crippen molar-refractivity contribution >= 4 is 5.91 Å². The zero-order chi connectivity index (χ0) is 17.9. The van der Waals surface area contributed by atoms with E-state index in [1.54, 1.807) is 10.9 Å². The van der Waals surface area contributed by atoms with Crippen LogP contribution in [0.25, 0.3) is 5.69 Å². The van der Waals surface area contributed by atoms with Crippen molar-refractivity contribution in [2.24, 2.45) is 0 Å². The maximum atomic E-state index is 12.8. The van der Waals surface area contributed by atoms with Gasteiger partial charge in [-0.25, -0.2) is 4.68 Å². The van der Waals surface area contributed by atoms with Crippen LogP contribution in [-0.2, 0) is 0 Å². The Labute approximate surface area is 154 Å². The van der Waals surface area contributed by atoms with E-state index in [1.807, 2.05) is 36.1 Å². The van der Waals surface area contributed by atoms with Crippen LogP contribution in [0.3, 0.4) is 0 Å².